The minimum atomic E-state index is -0.115. The zero-order chi connectivity index (χ0) is 17.4. The molecule has 1 aliphatic rings. The molecule has 2 aromatic heterocycles. The van der Waals surface area contributed by atoms with E-state index in [1.54, 1.807) is 4.52 Å². The molecule has 1 aromatic carbocycles. The molecule has 0 atom stereocenters. The van der Waals surface area contributed by atoms with Crippen molar-refractivity contribution in [3.63, 3.8) is 0 Å². The molecule has 0 saturated carbocycles. The van der Waals surface area contributed by atoms with Crippen LogP contribution in [0.2, 0.25) is 5.02 Å². The van der Waals surface area contributed by atoms with Gasteiger partial charge in [0.2, 0.25) is 10.8 Å². The summed E-state index contributed by atoms with van der Waals surface area (Å²) >= 11 is 7.33. The number of halogens is 1. The molecule has 1 fully saturated rings. The average molecular weight is 377 g/mol. The number of rotatable bonds is 3. The molecule has 3 heterocycles. The molecule has 25 heavy (non-hydrogen) atoms. The van der Waals surface area contributed by atoms with Gasteiger partial charge in [0, 0.05) is 36.8 Å². The minimum absolute atomic E-state index is 0.115. The minimum Gasteiger partial charge on any atom is -0.333 e. The van der Waals surface area contributed by atoms with Crippen LogP contribution < -0.4 is 0 Å². The summed E-state index contributed by atoms with van der Waals surface area (Å²) in [7, 11) is 0. The molecule has 1 saturated heterocycles. The van der Waals surface area contributed by atoms with Gasteiger partial charge >= 0.3 is 0 Å². The molecule has 4 rings (SSSR count). The largest absolute Gasteiger partial charge is 0.333 e. The summed E-state index contributed by atoms with van der Waals surface area (Å²) < 4.78 is 1.54. The summed E-state index contributed by atoms with van der Waals surface area (Å²) in [5.41, 5.74) is 0.940. The van der Waals surface area contributed by atoms with Crippen molar-refractivity contribution in [2.75, 3.05) is 32.7 Å². The smallest absolute Gasteiger partial charge is 0.293 e. The van der Waals surface area contributed by atoms with Crippen LogP contribution >= 0.6 is 22.9 Å². The zero-order valence-electron chi connectivity index (χ0n) is 13.7. The van der Waals surface area contributed by atoms with E-state index in [0.29, 0.717) is 23.1 Å². The average Bonchev–Trinajstić information content (AvgIpc) is 3.22. The van der Waals surface area contributed by atoms with Crippen molar-refractivity contribution in [1.82, 2.24) is 29.6 Å². The van der Waals surface area contributed by atoms with Crippen molar-refractivity contribution in [2.45, 2.75) is 6.92 Å². The Hall–Kier alpha value is -2.03. The van der Waals surface area contributed by atoms with Gasteiger partial charge in [-0.1, -0.05) is 42.0 Å². The molecule has 7 nitrogen and oxygen atoms in total. The molecular formula is C16H17ClN6OS. The normalized spacial score (nSPS) is 15.8. The SMILES string of the molecule is CCN1CCN(C(=O)c2nnc3sc(-c4ccc(Cl)cc4)nn23)CC1. The maximum absolute atomic E-state index is 12.8. The zero-order valence-corrected chi connectivity index (χ0v) is 15.3. The summed E-state index contributed by atoms with van der Waals surface area (Å²) in [6, 6.07) is 7.44. The first-order valence-corrected chi connectivity index (χ1v) is 9.35. The number of carbonyl (C=O) groups is 1. The van der Waals surface area contributed by atoms with Crippen molar-refractivity contribution in [1.29, 1.82) is 0 Å². The van der Waals surface area contributed by atoms with E-state index in [1.807, 2.05) is 29.2 Å². The number of amides is 1. The number of hydrogen-bond donors (Lipinski definition) is 0. The molecule has 0 radical (unpaired) electrons. The molecule has 0 bridgehead atoms. The molecule has 0 unspecified atom stereocenters. The molecule has 0 spiro atoms. The molecule has 3 aromatic rings. The Morgan fingerprint density at radius 1 is 1.16 bits per heavy atom. The second kappa shape index (κ2) is 6.70. The Morgan fingerprint density at radius 3 is 2.56 bits per heavy atom. The predicted octanol–water partition coefficient (Wildman–Crippen LogP) is 2.28. The number of likely N-dealkylation sites (N-methyl/N-ethyl adjacent to an activating group) is 1. The Morgan fingerprint density at radius 2 is 1.88 bits per heavy atom. The summed E-state index contributed by atoms with van der Waals surface area (Å²) in [4.78, 5) is 17.6. The molecule has 130 valence electrons. The maximum Gasteiger partial charge on any atom is 0.293 e. The molecule has 1 aliphatic heterocycles. The van der Waals surface area contributed by atoms with Crippen LogP contribution in [0.25, 0.3) is 15.5 Å². The molecule has 1 amide bonds. The van der Waals surface area contributed by atoms with E-state index < -0.39 is 0 Å². The van der Waals surface area contributed by atoms with Crippen LogP contribution in [0.4, 0.5) is 0 Å². The van der Waals surface area contributed by atoms with Crippen molar-refractivity contribution in [3.8, 4) is 10.6 Å². The highest BCUT2D eigenvalue weighted by Crippen LogP contribution is 2.26. The van der Waals surface area contributed by atoms with E-state index in [2.05, 4.69) is 27.1 Å². The standard InChI is InChI=1S/C16H17ClN6OS/c1-2-21-7-9-22(10-8-21)15(24)13-18-19-16-23(13)20-14(25-16)11-3-5-12(17)6-4-11/h3-6H,2,7-10H2,1H3. The van der Waals surface area contributed by atoms with Crippen LogP contribution in [-0.2, 0) is 0 Å². The quantitative estimate of drug-likeness (QED) is 0.701. The number of nitrogens with zero attached hydrogens (tertiary/aromatic N) is 6. The highest BCUT2D eigenvalue weighted by atomic mass is 35.5. The van der Waals surface area contributed by atoms with E-state index in [-0.39, 0.29) is 11.7 Å². The lowest BCUT2D eigenvalue weighted by Gasteiger charge is -2.33. The van der Waals surface area contributed by atoms with Crippen LogP contribution in [0.1, 0.15) is 17.5 Å². The Balaban J connectivity index is 1.60. The van der Waals surface area contributed by atoms with E-state index in [9.17, 15) is 4.79 Å². The van der Waals surface area contributed by atoms with Gasteiger partial charge in [0.25, 0.3) is 5.91 Å². The number of carbonyl (C=O) groups excluding carboxylic acids is 1. The topological polar surface area (TPSA) is 66.6 Å². The number of aromatic nitrogens is 4. The van der Waals surface area contributed by atoms with Gasteiger partial charge in [-0.25, -0.2) is 0 Å². The van der Waals surface area contributed by atoms with Crippen molar-refractivity contribution >= 4 is 33.8 Å². The molecule has 9 heteroatoms. The number of fused-ring (bicyclic) bond motifs is 1. The lowest BCUT2D eigenvalue weighted by atomic mass is 10.2. The lowest BCUT2D eigenvalue weighted by Crippen LogP contribution is -2.48. The van der Waals surface area contributed by atoms with Gasteiger partial charge in [-0.2, -0.15) is 9.61 Å². The van der Waals surface area contributed by atoms with Gasteiger partial charge in [0.05, 0.1) is 0 Å². The summed E-state index contributed by atoms with van der Waals surface area (Å²) in [6.45, 7) is 6.32. The molecule has 0 aliphatic carbocycles. The van der Waals surface area contributed by atoms with Crippen molar-refractivity contribution in [3.05, 3.63) is 35.1 Å². The first-order chi connectivity index (χ1) is 12.2. The van der Waals surface area contributed by atoms with Crippen molar-refractivity contribution < 1.29 is 4.79 Å². The number of hydrogen-bond acceptors (Lipinski definition) is 6. The van der Waals surface area contributed by atoms with E-state index >= 15 is 0 Å². The Labute approximate surface area is 153 Å². The summed E-state index contributed by atoms with van der Waals surface area (Å²) in [5.74, 6) is 0.160. The van der Waals surface area contributed by atoms with Gasteiger partial charge in [-0.3, -0.25) is 4.79 Å². The van der Waals surface area contributed by atoms with Gasteiger partial charge in [0.1, 0.15) is 5.01 Å². The van der Waals surface area contributed by atoms with Gasteiger partial charge in [-0.05, 0) is 18.7 Å². The second-order valence-electron chi connectivity index (χ2n) is 5.86. The second-order valence-corrected chi connectivity index (χ2v) is 7.25. The highest BCUT2D eigenvalue weighted by Gasteiger charge is 2.26. The monoisotopic (exact) mass is 376 g/mol. The summed E-state index contributed by atoms with van der Waals surface area (Å²) in [6.07, 6.45) is 0. The molecule has 0 N–H and O–H groups in total. The first kappa shape index (κ1) is 16.4. The highest BCUT2D eigenvalue weighted by molar-refractivity contribution is 7.19. The third-order valence-electron chi connectivity index (χ3n) is 4.38. The van der Waals surface area contributed by atoms with Crippen LogP contribution in [0.5, 0.6) is 0 Å². The van der Waals surface area contributed by atoms with E-state index in [0.717, 1.165) is 30.2 Å². The van der Waals surface area contributed by atoms with Gasteiger partial charge in [-0.15, -0.1) is 10.2 Å². The number of piperazine rings is 1. The van der Waals surface area contributed by atoms with Crippen LogP contribution in [-0.4, -0.2) is 68.2 Å². The van der Waals surface area contributed by atoms with Crippen LogP contribution in [0, 0.1) is 0 Å². The Bertz CT molecular complexity index is 897. The van der Waals surface area contributed by atoms with Gasteiger partial charge < -0.3 is 9.80 Å². The van der Waals surface area contributed by atoms with E-state index in [1.165, 1.54) is 11.3 Å². The predicted molar refractivity (Wildman–Crippen MR) is 97.1 cm³/mol. The Kier molecular flexibility index (Phi) is 4.41. The first-order valence-electron chi connectivity index (χ1n) is 8.15. The third kappa shape index (κ3) is 3.12. The van der Waals surface area contributed by atoms with Gasteiger partial charge in [0.15, 0.2) is 0 Å². The van der Waals surface area contributed by atoms with Crippen LogP contribution in [0.3, 0.4) is 0 Å². The van der Waals surface area contributed by atoms with E-state index in [4.69, 9.17) is 11.6 Å². The molecular weight excluding hydrogens is 360 g/mol. The fraction of sp³-hybridized carbons (Fsp3) is 0.375. The van der Waals surface area contributed by atoms with Crippen molar-refractivity contribution in [2.24, 2.45) is 0 Å². The van der Waals surface area contributed by atoms with Crippen LogP contribution in [0.15, 0.2) is 24.3 Å². The fourth-order valence-corrected chi connectivity index (χ4v) is 3.84. The third-order valence-corrected chi connectivity index (χ3v) is 5.58. The fourth-order valence-electron chi connectivity index (χ4n) is 2.87. The maximum atomic E-state index is 12.8. The summed E-state index contributed by atoms with van der Waals surface area (Å²) in [5, 5.41) is 14.2. The number of benzene rings is 1. The lowest BCUT2D eigenvalue weighted by molar-refractivity contribution is 0.0628.